The van der Waals surface area contributed by atoms with E-state index >= 15 is 0 Å². The predicted molar refractivity (Wildman–Crippen MR) is 107 cm³/mol. The summed E-state index contributed by atoms with van der Waals surface area (Å²) in [5.41, 5.74) is 5.67. The van der Waals surface area contributed by atoms with Crippen molar-refractivity contribution in [3.63, 3.8) is 0 Å². The lowest BCUT2D eigenvalue weighted by Gasteiger charge is -2.31. The van der Waals surface area contributed by atoms with Gasteiger partial charge in [0.25, 0.3) is 0 Å². The van der Waals surface area contributed by atoms with Gasteiger partial charge in [0, 0.05) is 24.1 Å². The van der Waals surface area contributed by atoms with Crippen LogP contribution in [0.2, 0.25) is 0 Å². The molecular formula is C23H26N2O. The highest BCUT2D eigenvalue weighted by molar-refractivity contribution is 5.85. The monoisotopic (exact) mass is 346 g/mol. The number of nitrogens with one attached hydrogen (secondary N) is 1. The standard InChI is InChI=1S/C23H26N2O/c1-16-10-12-17(13-11-16)22-15-19(18-7-3-4-8-20(18)25-22)23(26-2)21-9-5-6-14-24-21/h3-4,7-8,10-13,15,21,23-24H,5-6,9,14H2,1-2H3. The second kappa shape index (κ2) is 7.56. The van der Waals surface area contributed by atoms with Crippen LogP contribution >= 0.6 is 0 Å². The summed E-state index contributed by atoms with van der Waals surface area (Å²) in [6, 6.07) is 19.5. The van der Waals surface area contributed by atoms with Crippen LogP contribution in [0, 0.1) is 6.92 Å². The Morgan fingerprint density at radius 1 is 1.08 bits per heavy atom. The Bertz CT molecular complexity index is 882. The molecule has 1 aliphatic rings. The lowest BCUT2D eigenvalue weighted by Crippen LogP contribution is -2.39. The Hall–Kier alpha value is -2.23. The van der Waals surface area contributed by atoms with Gasteiger partial charge in [0.2, 0.25) is 0 Å². The number of para-hydroxylation sites is 1. The van der Waals surface area contributed by atoms with Gasteiger partial charge in [0.1, 0.15) is 0 Å². The quantitative estimate of drug-likeness (QED) is 0.718. The molecule has 1 aromatic heterocycles. The van der Waals surface area contributed by atoms with Crippen molar-refractivity contribution in [1.29, 1.82) is 0 Å². The summed E-state index contributed by atoms with van der Waals surface area (Å²) in [6.45, 7) is 3.18. The third-order valence-electron chi connectivity index (χ3n) is 5.37. The molecular weight excluding hydrogens is 320 g/mol. The maximum atomic E-state index is 6.00. The summed E-state index contributed by atoms with van der Waals surface area (Å²) in [5, 5.41) is 4.84. The number of piperidine rings is 1. The first kappa shape index (κ1) is 17.2. The van der Waals surface area contributed by atoms with E-state index < -0.39 is 0 Å². The van der Waals surface area contributed by atoms with Crippen molar-refractivity contribution in [3.8, 4) is 11.3 Å². The van der Waals surface area contributed by atoms with Crippen LogP contribution in [-0.2, 0) is 4.74 Å². The molecule has 2 heterocycles. The molecule has 1 fully saturated rings. The molecule has 4 rings (SSSR count). The number of ether oxygens (including phenoxy) is 1. The third-order valence-corrected chi connectivity index (χ3v) is 5.37. The number of aryl methyl sites for hydroxylation is 1. The molecule has 0 bridgehead atoms. The number of hydrogen-bond donors (Lipinski definition) is 1. The van der Waals surface area contributed by atoms with E-state index in [0.717, 1.165) is 29.7 Å². The Labute approximate surface area is 155 Å². The fourth-order valence-electron chi connectivity index (χ4n) is 3.96. The van der Waals surface area contributed by atoms with E-state index in [-0.39, 0.29) is 6.10 Å². The minimum atomic E-state index is 0.0346. The number of methoxy groups -OCH3 is 1. The summed E-state index contributed by atoms with van der Waals surface area (Å²) in [5.74, 6) is 0. The smallest absolute Gasteiger partial charge is 0.0981 e. The zero-order valence-corrected chi connectivity index (χ0v) is 15.5. The molecule has 3 aromatic rings. The number of hydrogen-bond acceptors (Lipinski definition) is 3. The topological polar surface area (TPSA) is 34.1 Å². The van der Waals surface area contributed by atoms with E-state index in [1.165, 1.54) is 29.4 Å². The SMILES string of the molecule is COC(c1cc(-c2ccc(C)cc2)nc2ccccc12)C1CCCCN1. The molecule has 0 saturated carbocycles. The molecule has 134 valence electrons. The van der Waals surface area contributed by atoms with Crippen LogP contribution in [0.4, 0.5) is 0 Å². The molecule has 1 saturated heterocycles. The van der Waals surface area contributed by atoms with Gasteiger partial charge in [-0.15, -0.1) is 0 Å². The molecule has 2 aromatic carbocycles. The highest BCUT2D eigenvalue weighted by Crippen LogP contribution is 2.34. The summed E-state index contributed by atoms with van der Waals surface area (Å²) in [6.07, 6.45) is 3.69. The van der Waals surface area contributed by atoms with Crippen LogP contribution in [0.3, 0.4) is 0 Å². The third kappa shape index (κ3) is 3.37. The normalized spacial score (nSPS) is 18.8. The summed E-state index contributed by atoms with van der Waals surface area (Å²) in [4.78, 5) is 4.92. The average molecular weight is 346 g/mol. The number of aromatic nitrogens is 1. The van der Waals surface area contributed by atoms with Crippen LogP contribution in [0.15, 0.2) is 54.6 Å². The molecule has 3 nitrogen and oxygen atoms in total. The zero-order chi connectivity index (χ0) is 17.9. The summed E-state index contributed by atoms with van der Waals surface area (Å²) >= 11 is 0. The highest BCUT2D eigenvalue weighted by Gasteiger charge is 2.26. The van der Waals surface area contributed by atoms with Crippen molar-refractivity contribution in [2.24, 2.45) is 0 Å². The lowest BCUT2D eigenvalue weighted by molar-refractivity contribution is 0.0596. The van der Waals surface area contributed by atoms with E-state index in [0.29, 0.717) is 6.04 Å². The van der Waals surface area contributed by atoms with Gasteiger partial charge >= 0.3 is 0 Å². The highest BCUT2D eigenvalue weighted by atomic mass is 16.5. The Kier molecular flexibility index (Phi) is 5.00. The van der Waals surface area contributed by atoms with Crippen LogP contribution in [0.1, 0.15) is 36.5 Å². The maximum absolute atomic E-state index is 6.00. The molecule has 1 N–H and O–H groups in total. The van der Waals surface area contributed by atoms with Crippen molar-refractivity contribution in [2.75, 3.05) is 13.7 Å². The van der Waals surface area contributed by atoms with E-state index in [9.17, 15) is 0 Å². The Morgan fingerprint density at radius 2 is 1.88 bits per heavy atom. The molecule has 0 radical (unpaired) electrons. The second-order valence-electron chi connectivity index (χ2n) is 7.19. The fraction of sp³-hybridized carbons (Fsp3) is 0.348. The van der Waals surface area contributed by atoms with Crippen molar-refractivity contribution in [3.05, 3.63) is 65.7 Å². The Balaban J connectivity index is 1.84. The number of rotatable bonds is 4. The van der Waals surface area contributed by atoms with Gasteiger partial charge < -0.3 is 10.1 Å². The zero-order valence-electron chi connectivity index (χ0n) is 15.5. The van der Waals surface area contributed by atoms with E-state index in [1.807, 2.05) is 7.11 Å². The molecule has 0 aliphatic carbocycles. The van der Waals surface area contributed by atoms with Gasteiger partial charge in [-0.3, -0.25) is 0 Å². The van der Waals surface area contributed by atoms with E-state index in [2.05, 4.69) is 66.8 Å². The van der Waals surface area contributed by atoms with Crippen molar-refractivity contribution in [1.82, 2.24) is 10.3 Å². The fourth-order valence-corrected chi connectivity index (χ4v) is 3.96. The number of benzene rings is 2. The first-order chi connectivity index (χ1) is 12.8. The van der Waals surface area contributed by atoms with Gasteiger partial charge in [0.05, 0.1) is 17.3 Å². The van der Waals surface area contributed by atoms with Gasteiger partial charge in [-0.2, -0.15) is 0 Å². The Morgan fingerprint density at radius 3 is 2.62 bits per heavy atom. The van der Waals surface area contributed by atoms with Crippen molar-refractivity contribution >= 4 is 10.9 Å². The van der Waals surface area contributed by atoms with Crippen LogP contribution in [-0.4, -0.2) is 24.7 Å². The van der Waals surface area contributed by atoms with Gasteiger partial charge in [-0.05, 0) is 44.0 Å². The minimum Gasteiger partial charge on any atom is -0.375 e. The maximum Gasteiger partial charge on any atom is 0.0981 e. The minimum absolute atomic E-state index is 0.0346. The average Bonchev–Trinajstić information content (AvgIpc) is 2.70. The predicted octanol–water partition coefficient (Wildman–Crippen LogP) is 5.04. The molecule has 2 atom stereocenters. The molecule has 0 spiro atoms. The van der Waals surface area contributed by atoms with Gasteiger partial charge in [-0.25, -0.2) is 4.98 Å². The summed E-state index contributed by atoms with van der Waals surface area (Å²) in [7, 11) is 1.82. The molecule has 3 heteroatoms. The van der Waals surface area contributed by atoms with Crippen molar-refractivity contribution < 1.29 is 4.74 Å². The van der Waals surface area contributed by atoms with Crippen LogP contribution in [0.5, 0.6) is 0 Å². The molecule has 1 aliphatic heterocycles. The van der Waals surface area contributed by atoms with Gasteiger partial charge in [0.15, 0.2) is 0 Å². The van der Waals surface area contributed by atoms with Crippen LogP contribution in [0.25, 0.3) is 22.2 Å². The lowest BCUT2D eigenvalue weighted by atomic mass is 9.91. The number of pyridine rings is 1. The largest absolute Gasteiger partial charge is 0.375 e. The molecule has 2 unspecified atom stereocenters. The second-order valence-corrected chi connectivity index (χ2v) is 7.19. The number of fused-ring (bicyclic) bond motifs is 1. The van der Waals surface area contributed by atoms with Crippen LogP contribution < -0.4 is 5.32 Å². The number of nitrogens with zero attached hydrogens (tertiary/aromatic N) is 1. The summed E-state index contributed by atoms with van der Waals surface area (Å²) < 4.78 is 6.00. The first-order valence-corrected chi connectivity index (χ1v) is 9.49. The molecule has 0 amide bonds. The first-order valence-electron chi connectivity index (χ1n) is 9.49. The van der Waals surface area contributed by atoms with E-state index in [1.54, 1.807) is 0 Å². The van der Waals surface area contributed by atoms with Crippen molar-refractivity contribution in [2.45, 2.75) is 38.3 Å². The molecule has 26 heavy (non-hydrogen) atoms. The van der Waals surface area contributed by atoms with E-state index in [4.69, 9.17) is 9.72 Å². The van der Waals surface area contributed by atoms with Gasteiger partial charge in [-0.1, -0.05) is 54.4 Å².